The average molecular weight is 669 g/mol. The van der Waals surface area contributed by atoms with Crippen LogP contribution in [-0.4, -0.2) is 36.1 Å². The molecule has 4 aromatic rings. The molecule has 2 aliphatic carbocycles. The van der Waals surface area contributed by atoms with Crippen LogP contribution in [0.2, 0.25) is 10.0 Å². The first-order chi connectivity index (χ1) is 22.7. The molecule has 2 bridgehead atoms. The molecule has 1 heterocycles. The molecule has 236 valence electrons. The maximum Gasteiger partial charge on any atom is 0.345 e. The number of carbonyl (C=O) groups excluding carboxylic acids is 5. The molecular weight excluding hydrogens is 641 g/mol. The van der Waals surface area contributed by atoms with Gasteiger partial charge in [-0.15, -0.1) is 0 Å². The van der Waals surface area contributed by atoms with Gasteiger partial charge in [0.25, 0.3) is 0 Å². The summed E-state index contributed by atoms with van der Waals surface area (Å²) in [7, 11) is 0. The van der Waals surface area contributed by atoms with Crippen molar-refractivity contribution in [1.82, 2.24) is 0 Å². The van der Waals surface area contributed by atoms with E-state index in [9.17, 15) is 24.0 Å². The van der Waals surface area contributed by atoms with Gasteiger partial charge >= 0.3 is 11.9 Å². The van der Waals surface area contributed by atoms with Gasteiger partial charge in [0, 0.05) is 10.6 Å². The summed E-state index contributed by atoms with van der Waals surface area (Å²) in [6.07, 6.45) is 1.75. The standard InChI is InChI=1S/C37H27Cl2NO7/c38-24-11-14-27(30(39)18-24)37(45)47-26-12-9-21(10-13-26)31(41)19-46-36(44)22-7-4-8-25(15-22)40-34(42)32-23-16-28(20-5-2-1-3-6-20)29(17-23)33(32)35(40)43/h1-15,18,23,28-29,32-33H,16-17,19H2/t23-,28-,29-,32+,33+/m0/s1. The Morgan fingerprint density at radius 1 is 0.745 bits per heavy atom. The summed E-state index contributed by atoms with van der Waals surface area (Å²) in [6, 6.07) is 26.5. The lowest BCUT2D eigenvalue weighted by molar-refractivity contribution is -0.123. The molecule has 0 N–H and O–H groups in total. The first-order valence-corrected chi connectivity index (χ1v) is 16.0. The van der Waals surface area contributed by atoms with Gasteiger partial charge in [-0.25, -0.2) is 9.59 Å². The predicted octanol–water partition coefficient (Wildman–Crippen LogP) is 7.18. The van der Waals surface area contributed by atoms with Gasteiger partial charge in [0.05, 0.1) is 33.7 Å². The maximum atomic E-state index is 13.7. The second-order valence-electron chi connectivity index (χ2n) is 12.1. The topological polar surface area (TPSA) is 107 Å². The van der Waals surface area contributed by atoms with E-state index < -0.39 is 24.3 Å². The highest BCUT2D eigenvalue weighted by Gasteiger charge is 2.64. The molecule has 0 radical (unpaired) electrons. The largest absolute Gasteiger partial charge is 0.454 e. The van der Waals surface area contributed by atoms with Crippen molar-refractivity contribution >= 4 is 58.4 Å². The molecule has 5 atom stereocenters. The zero-order valence-electron chi connectivity index (χ0n) is 24.8. The molecular formula is C37H27Cl2NO7. The van der Waals surface area contributed by atoms with Crippen LogP contribution in [-0.2, 0) is 14.3 Å². The van der Waals surface area contributed by atoms with Gasteiger partial charge in [0.1, 0.15) is 5.75 Å². The summed E-state index contributed by atoms with van der Waals surface area (Å²) >= 11 is 11.9. The number of ketones is 1. The number of anilines is 1. The summed E-state index contributed by atoms with van der Waals surface area (Å²) in [4.78, 5) is 66.7. The van der Waals surface area contributed by atoms with E-state index in [0.29, 0.717) is 10.7 Å². The summed E-state index contributed by atoms with van der Waals surface area (Å²) in [6.45, 7) is -0.543. The van der Waals surface area contributed by atoms with Gasteiger partial charge in [-0.1, -0.05) is 59.6 Å². The van der Waals surface area contributed by atoms with Crippen LogP contribution in [0.4, 0.5) is 5.69 Å². The third-order valence-electron chi connectivity index (χ3n) is 9.46. The number of halogens is 2. The van der Waals surface area contributed by atoms with E-state index in [0.717, 1.165) is 12.8 Å². The van der Waals surface area contributed by atoms with E-state index >= 15 is 0 Å². The maximum absolute atomic E-state index is 13.7. The van der Waals surface area contributed by atoms with E-state index in [4.69, 9.17) is 32.7 Å². The highest BCUT2D eigenvalue weighted by Crippen LogP contribution is 2.61. The lowest BCUT2D eigenvalue weighted by Crippen LogP contribution is -2.33. The van der Waals surface area contributed by atoms with Crippen molar-refractivity contribution in [1.29, 1.82) is 0 Å². The number of esters is 2. The Bertz CT molecular complexity index is 1930. The van der Waals surface area contributed by atoms with Crippen molar-refractivity contribution in [2.75, 3.05) is 11.5 Å². The molecule has 0 spiro atoms. The number of hydrogen-bond acceptors (Lipinski definition) is 7. The molecule has 3 fully saturated rings. The monoisotopic (exact) mass is 667 g/mol. The van der Waals surface area contributed by atoms with Crippen LogP contribution in [0.25, 0.3) is 0 Å². The van der Waals surface area contributed by atoms with Crippen molar-refractivity contribution in [2.45, 2.75) is 18.8 Å². The fraction of sp³-hybridized carbons (Fsp3) is 0.216. The SMILES string of the molecule is O=C(COC(=O)c1cccc(N2C(=O)[C@@H]3[C@@H]4C[C@H]([C@H]3C2=O)[C@H](c2ccccc2)C4)c1)c1ccc(OC(=O)c2ccc(Cl)cc2Cl)cc1. The minimum atomic E-state index is -0.769. The fourth-order valence-electron chi connectivity index (χ4n) is 7.39. The lowest BCUT2D eigenvalue weighted by atomic mass is 9.73. The number of hydrogen-bond donors (Lipinski definition) is 0. The van der Waals surface area contributed by atoms with Crippen molar-refractivity contribution in [3.63, 3.8) is 0 Å². The number of carbonyl (C=O) groups is 5. The quantitative estimate of drug-likeness (QED) is 0.0848. The zero-order valence-corrected chi connectivity index (χ0v) is 26.3. The molecule has 7 rings (SSSR count). The Balaban J connectivity index is 0.977. The molecule has 3 aliphatic rings. The Morgan fingerprint density at radius 3 is 2.23 bits per heavy atom. The number of amides is 2. The number of Topliss-reactive ketones (excluding diaryl/α,β-unsaturated/α-hetero) is 1. The number of fused-ring (bicyclic) bond motifs is 5. The molecule has 1 saturated heterocycles. The summed E-state index contributed by atoms with van der Waals surface area (Å²) < 4.78 is 10.6. The molecule has 4 aromatic carbocycles. The van der Waals surface area contributed by atoms with Crippen LogP contribution < -0.4 is 9.64 Å². The predicted molar refractivity (Wildman–Crippen MR) is 174 cm³/mol. The van der Waals surface area contributed by atoms with Crippen molar-refractivity contribution in [3.8, 4) is 5.75 Å². The minimum Gasteiger partial charge on any atom is -0.454 e. The molecule has 47 heavy (non-hydrogen) atoms. The molecule has 10 heteroatoms. The molecule has 0 aromatic heterocycles. The summed E-state index contributed by atoms with van der Waals surface area (Å²) in [5.41, 5.74) is 2.00. The van der Waals surface area contributed by atoms with Crippen LogP contribution in [0.1, 0.15) is 55.4 Å². The second-order valence-corrected chi connectivity index (χ2v) is 12.9. The molecule has 8 nitrogen and oxygen atoms in total. The summed E-state index contributed by atoms with van der Waals surface area (Å²) in [5, 5.41) is 0.525. The van der Waals surface area contributed by atoms with Crippen LogP contribution in [0.5, 0.6) is 5.75 Å². The van der Waals surface area contributed by atoms with Crippen LogP contribution >= 0.6 is 23.2 Å². The minimum absolute atomic E-state index is 0.108. The number of nitrogens with zero attached hydrogens (tertiary/aromatic N) is 1. The highest BCUT2D eigenvalue weighted by molar-refractivity contribution is 6.36. The number of ether oxygens (including phenoxy) is 2. The highest BCUT2D eigenvalue weighted by atomic mass is 35.5. The molecule has 0 unspecified atom stereocenters. The van der Waals surface area contributed by atoms with E-state index in [2.05, 4.69) is 12.1 Å². The van der Waals surface area contributed by atoms with Gasteiger partial charge in [0.15, 0.2) is 12.4 Å². The second kappa shape index (κ2) is 12.4. The zero-order chi connectivity index (χ0) is 32.8. The Morgan fingerprint density at radius 2 is 1.49 bits per heavy atom. The van der Waals surface area contributed by atoms with Gasteiger partial charge in [-0.3, -0.25) is 19.3 Å². The van der Waals surface area contributed by atoms with E-state index in [1.54, 1.807) is 12.1 Å². The summed E-state index contributed by atoms with van der Waals surface area (Å²) in [5.74, 6) is -2.40. The smallest absolute Gasteiger partial charge is 0.345 e. The number of rotatable bonds is 8. The Labute approximate surface area is 280 Å². The van der Waals surface area contributed by atoms with Crippen molar-refractivity contribution in [2.24, 2.45) is 23.7 Å². The average Bonchev–Trinajstić information content (AvgIpc) is 3.75. The first-order valence-electron chi connectivity index (χ1n) is 15.2. The molecule has 2 amide bonds. The van der Waals surface area contributed by atoms with Gasteiger partial charge in [-0.2, -0.15) is 0 Å². The lowest BCUT2D eigenvalue weighted by Gasteiger charge is -2.28. The molecule has 2 saturated carbocycles. The third-order valence-corrected chi connectivity index (χ3v) is 10.0. The van der Waals surface area contributed by atoms with Crippen molar-refractivity contribution in [3.05, 3.63) is 129 Å². The van der Waals surface area contributed by atoms with Crippen molar-refractivity contribution < 1.29 is 33.4 Å². The van der Waals surface area contributed by atoms with E-state index in [1.807, 2.05) is 18.2 Å². The fourth-order valence-corrected chi connectivity index (χ4v) is 7.88. The number of benzene rings is 4. The van der Waals surface area contributed by atoms with Crippen LogP contribution in [0.15, 0.2) is 97.1 Å². The van der Waals surface area contributed by atoms with Gasteiger partial charge < -0.3 is 9.47 Å². The normalized spacial score (nSPS) is 22.7. The van der Waals surface area contributed by atoms with E-state index in [1.165, 1.54) is 65.1 Å². The number of imide groups is 1. The van der Waals surface area contributed by atoms with Gasteiger partial charge in [-0.05, 0) is 96.8 Å². The van der Waals surface area contributed by atoms with Crippen LogP contribution in [0.3, 0.4) is 0 Å². The third kappa shape index (κ3) is 5.72. The first kappa shape index (κ1) is 30.8. The Kier molecular flexibility index (Phi) is 8.16. The Hall–Kier alpha value is -4.79. The van der Waals surface area contributed by atoms with Gasteiger partial charge in [0.2, 0.25) is 11.8 Å². The van der Waals surface area contributed by atoms with E-state index in [-0.39, 0.29) is 68.9 Å². The molecule has 1 aliphatic heterocycles. The van der Waals surface area contributed by atoms with Crippen LogP contribution in [0, 0.1) is 23.7 Å².